The summed E-state index contributed by atoms with van der Waals surface area (Å²) in [6, 6.07) is 12.4. The molecule has 5 rings (SSSR count). The molecule has 1 saturated heterocycles. The van der Waals surface area contributed by atoms with Crippen LogP contribution in [0.2, 0.25) is 0 Å². The van der Waals surface area contributed by atoms with Crippen LogP contribution in [0.3, 0.4) is 0 Å². The summed E-state index contributed by atoms with van der Waals surface area (Å²) in [6.07, 6.45) is 3.21. The second-order valence-electron chi connectivity index (χ2n) is 8.14. The van der Waals surface area contributed by atoms with E-state index < -0.39 is 0 Å². The molecule has 0 radical (unpaired) electrons. The number of hydrogen-bond acceptors (Lipinski definition) is 7. The van der Waals surface area contributed by atoms with Crippen molar-refractivity contribution in [1.29, 1.82) is 0 Å². The number of amides is 3. The molecule has 0 aliphatic carbocycles. The van der Waals surface area contributed by atoms with Gasteiger partial charge in [-0.25, -0.2) is 9.67 Å². The van der Waals surface area contributed by atoms with Crippen molar-refractivity contribution in [2.24, 2.45) is 0 Å². The maximum absolute atomic E-state index is 13.3. The van der Waals surface area contributed by atoms with Gasteiger partial charge in [0.15, 0.2) is 11.4 Å². The fraction of sp³-hybridized carbons (Fsp3) is 0.208. The molecule has 9 nitrogen and oxygen atoms in total. The van der Waals surface area contributed by atoms with Crippen LogP contribution in [0, 0.1) is 0 Å². The fourth-order valence-corrected chi connectivity index (χ4v) is 4.47. The largest absolute Gasteiger partial charge is 0.463 e. The van der Waals surface area contributed by atoms with Crippen LogP contribution >= 0.6 is 11.8 Å². The fourth-order valence-electron chi connectivity index (χ4n) is 3.74. The van der Waals surface area contributed by atoms with E-state index in [0.717, 1.165) is 17.3 Å². The average molecular weight is 476 g/mol. The SMILES string of the molecule is CC(C)n1ncc2c(C(=O)Nc3ccc(CN4C(=O)CSC4=O)cc3)cc(-c3ccco3)nc21. The Morgan fingerprint density at radius 3 is 2.65 bits per heavy atom. The number of aromatic nitrogens is 3. The zero-order valence-electron chi connectivity index (χ0n) is 18.5. The Bertz CT molecular complexity index is 1380. The van der Waals surface area contributed by atoms with Crippen molar-refractivity contribution in [3.05, 3.63) is 66.1 Å². The van der Waals surface area contributed by atoms with E-state index in [1.807, 2.05) is 13.8 Å². The second-order valence-corrected chi connectivity index (χ2v) is 9.06. The first-order valence-electron chi connectivity index (χ1n) is 10.7. The van der Waals surface area contributed by atoms with Crippen molar-refractivity contribution in [1.82, 2.24) is 19.7 Å². The number of nitrogens with one attached hydrogen (secondary N) is 1. The molecule has 4 aromatic rings. The van der Waals surface area contributed by atoms with Crippen LogP contribution in [-0.4, -0.2) is 42.5 Å². The van der Waals surface area contributed by atoms with Crippen LogP contribution in [0.4, 0.5) is 10.5 Å². The molecule has 1 aromatic carbocycles. The average Bonchev–Trinajstić information content (AvgIpc) is 3.56. The van der Waals surface area contributed by atoms with E-state index in [1.54, 1.807) is 59.6 Å². The van der Waals surface area contributed by atoms with E-state index in [-0.39, 0.29) is 35.4 Å². The molecular weight excluding hydrogens is 454 g/mol. The first-order valence-corrected chi connectivity index (χ1v) is 11.7. The Labute approximate surface area is 199 Å². The van der Waals surface area contributed by atoms with Crippen molar-refractivity contribution in [2.75, 3.05) is 11.1 Å². The number of carbonyl (C=O) groups is 3. The molecule has 3 aromatic heterocycles. The van der Waals surface area contributed by atoms with Gasteiger partial charge in [-0.15, -0.1) is 0 Å². The smallest absolute Gasteiger partial charge is 0.289 e. The van der Waals surface area contributed by atoms with E-state index in [2.05, 4.69) is 15.4 Å². The Morgan fingerprint density at radius 1 is 1.21 bits per heavy atom. The second kappa shape index (κ2) is 8.79. The molecule has 10 heteroatoms. The molecule has 1 N–H and O–H groups in total. The normalized spacial score (nSPS) is 13.9. The zero-order valence-corrected chi connectivity index (χ0v) is 19.3. The molecule has 1 aliphatic rings. The zero-order chi connectivity index (χ0) is 23.8. The third-order valence-corrected chi connectivity index (χ3v) is 6.33. The van der Waals surface area contributed by atoms with Crippen molar-refractivity contribution in [3.8, 4) is 11.5 Å². The molecule has 0 saturated carbocycles. The molecule has 1 aliphatic heterocycles. The van der Waals surface area contributed by atoms with E-state index in [9.17, 15) is 14.4 Å². The third kappa shape index (κ3) is 4.08. The number of imide groups is 1. The van der Waals surface area contributed by atoms with E-state index in [0.29, 0.717) is 33.7 Å². The van der Waals surface area contributed by atoms with Crippen molar-refractivity contribution in [2.45, 2.75) is 26.4 Å². The van der Waals surface area contributed by atoms with Crippen LogP contribution in [0.25, 0.3) is 22.5 Å². The maximum atomic E-state index is 13.3. The highest BCUT2D eigenvalue weighted by Crippen LogP contribution is 2.28. The lowest BCUT2D eigenvalue weighted by molar-refractivity contribution is -0.125. The standard InChI is InChI=1S/C24H21N5O4S/c1-14(2)29-22-18(11-25-29)17(10-19(27-22)20-4-3-9-33-20)23(31)26-16-7-5-15(6-8-16)12-28-21(30)13-34-24(28)32/h3-11,14H,12-13H2,1-2H3,(H,26,31). The Hall–Kier alpha value is -3.92. The van der Waals surface area contributed by atoms with E-state index in [1.165, 1.54) is 4.90 Å². The summed E-state index contributed by atoms with van der Waals surface area (Å²) in [6.45, 7) is 4.21. The number of thioether (sulfide) groups is 1. The van der Waals surface area contributed by atoms with Gasteiger partial charge in [0, 0.05) is 11.7 Å². The van der Waals surface area contributed by atoms with Crippen LogP contribution in [0.15, 0.2) is 59.3 Å². The maximum Gasteiger partial charge on any atom is 0.289 e. The highest BCUT2D eigenvalue weighted by molar-refractivity contribution is 8.14. The van der Waals surface area contributed by atoms with Crippen LogP contribution in [0.1, 0.15) is 35.8 Å². The number of fused-ring (bicyclic) bond motifs is 1. The predicted octanol–water partition coefficient (Wildman–Crippen LogP) is 4.72. The Kier molecular flexibility index (Phi) is 5.66. The summed E-state index contributed by atoms with van der Waals surface area (Å²) in [5.74, 6) is 0.239. The lowest BCUT2D eigenvalue weighted by Gasteiger charge is -2.13. The number of furan rings is 1. The van der Waals surface area contributed by atoms with Crippen LogP contribution in [0.5, 0.6) is 0 Å². The summed E-state index contributed by atoms with van der Waals surface area (Å²) >= 11 is 1.01. The van der Waals surface area contributed by atoms with Crippen LogP contribution in [-0.2, 0) is 11.3 Å². The molecule has 0 unspecified atom stereocenters. The van der Waals surface area contributed by atoms with Gasteiger partial charge in [-0.2, -0.15) is 5.10 Å². The highest BCUT2D eigenvalue weighted by atomic mass is 32.2. The summed E-state index contributed by atoms with van der Waals surface area (Å²) in [4.78, 5) is 42.8. The molecule has 0 atom stereocenters. The Morgan fingerprint density at radius 2 is 2.00 bits per heavy atom. The molecule has 0 spiro atoms. The first kappa shape index (κ1) is 21.9. The third-order valence-electron chi connectivity index (χ3n) is 5.47. The lowest BCUT2D eigenvalue weighted by atomic mass is 10.1. The number of rotatable bonds is 6. The predicted molar refractivity (Wildman–Crippen MR) is 128 cm³/mol. The molecule has 172 valence electrons. The number of benzene rings is 1. The van der Waals surface area contributed by atoms with Gasteiger partial charge in [-0.3, -0.25) is 19.3 Å². The van der Waals surface area contributed by atoms with Gasteiger partial charge in [-0.05, 0) is 49.7 Å². The van der Waals surface area contributed by atoms with Crippen molar-refractivity contribution in [3.63, 3.8) is 0 Å². The number of hydrogen-bond donors (Lipinski definition) is 1. The summed E-state index contributed by atoms with van der Waals surface area (Å²) in [7, 11) is 0. The van der Waals surface area contributed by atoms with Crippen molar-refractivity contribution < 1.29 is 18.8 Å². The van der Waals surface area contributed by atoms with E-state index >= 15 is 0 Å². The quantitative estimate of drug-likeness (QED) is 0.430. The van der Waals surface area contributed by atoms with Gasteiger partial charge in [0.2, 0.25) is 5.91 Å². The van der Waals surface area contributed by atoms with Crippen LogP contribution < -0.4 is 5.32 Å². The van der Waals surface area contributed by atoms with Gasteiger partial charge in [0.05, 0.1) is 35.7 Å². The summed E-state index contributed by atoms with van der Waals surface area (Å²) in [5, 5.41) is 7.74. The minimum absolute atomic E-state index is 0.0630. The summed E-state index contributed by atoms with van der Waals surface area (Å²) in [5.41, 5.74) is 2.95. The Balaban J connectivity index is 1.42. The van der Waals surface area contributed by atoms with Crippen molar-refractivity contribution >= 4 is 45.5 Å². The highest BCUT2D eigenvalue weighted by Gasteiger charge is 2.29. The number of pyridine rings is 1. The minimum Gasteiger partial charge on any atom is -0.463 e. The van der Waals surface area contributed by atoms with Gasteiger partial charge < -0.3 is 9.73 Å². The number of nitrogens with zero attached hydrogens (tertiary/aromatic N) is 4. The summed E-state index contributed by atoms with van der Waals surface area (Å²) < 4.78 is 7.27. The topological polar surface area (TPSA) is 110 Å². The molecule has 3 amide bonds. The number of anilines is 1. The van der Waals surface area contributed by atoms with Gasteiger partial charge in [0.1, 0.15) is 5.69 Å². The van der Waals surface area contributed by atoms with Gasteiger partial charge >= 0.3 is 0 Å². The minimum atomic E-state index is -0.308. The lowest BCUT2D eigenvalue weighted by Crippen LogP contribution is -2.27. The van der Waals surface area contributed by atoms with Gasteiger partial charge in [-0.1, -0.05) is 23.9 Å². The first-order chi connectivity index (χ1) is 16.4. The van der Waals surface area contributed by atoms with E-state index in [4.69, 9.17) is 4.42 Å². The molecular formula is C24H21N5O4S. The number of carbonyl (C=O) groups excluding carboxylic acids is 3. The molecule has 1 fully saturated rings. The monoisotopic (exact) mass is 475 g/mol. The molecule has 34 heavy (non-hydrogen) atoms. The van der Waals surface area contributed by atoms with Gasteiger partial charge in [0.25, 0.3) is 11.1 Å². The molecule has 0 bridgehead atoms. The molecule has 4 heterocycles.